The highest BCUT2D eigenvalue weighted by Gasteiger charge is 2.18. The van der Waals surface area contributed by atoms with Crippen molar-refractivity contribution in [3.8, 4) is 23.0 Å². The number of ether oxygens (including phenoxy) is 4. The molecule has 0 saturated heterocycles. The van der Waals surface area contributed by atoms with Crippen molar-refractivity contribution < 1.29 is 23.7 Å². The highest BCUT2D eigenvalue weighted by atomic mass is 16.5. The van der Waals surface area contributed by atoms with Gasteiger partial charge in [-0.1, -0.05) is 18.2 Å². The minimum absolute atomic E-state index is 0.225. The molecule has 33 heavy (non-hydrogen) atoms. The number of nitrogens with zero attached hydrogens (tertiary/aromatic N) is 1. The van der Waals surface area contributed by atoms with Crippen LogP contribution in [0, 0.1) is 0 Å². The Morgan fingerprint density at radius 1 is 0.848 bits per heavy atom. The van der Waals surface area contributed by atoms with E-state index in [1.165, 1.54) is 0 Å². The number of carbonyl (C=O) groups is 1. The van der Waals surface area contributed by atoms with Gasteiger partial charge in [-0.25, -0.2) is 0 Å². The van der Waals surface area contributed by atoms with Crippen molar-refractivity contribution >= 4 is 5.91 Å². The topological polar surface area (TPSA) is 78.9 Å². The van der Waals surface area contributed by atoms with Crippen LogP contribution in [0.5, 0.6) is 23.0 Å². The van der Waals surface area contributed by atoms with Crippen LogP contribution in [-0.2, 0) is 13.2 Å². The number of aromatic nitrogens is 1. The second kappa shape index (κ2) is 12.3. The first-order valence-corrected chi connectivity index (χ1v) is 11.1. The maximum atomic E-state index is 12.8. The SMILES string of the molecule is CCOc1cc(C(=O)NCc2ccc(OCc3cccnc3)cc2)cc(OCC)c1OCC. The molecule has 0 radical (unpaired) electrons. The van der Waals surface area contributed by atoms with Crippen molar-refractivity contribution in [3.05, 3.63) is 77.6 Å². The summed E-state index contributed by atoms with van der Waals surface area (Å²) in [6, 6.07) is 14.8. The van der Waals surface area contributed by atoms with Crippen molar-refractivity contribution in [3.63, 3.8) is 0 Å². The van der Waals surface area contributed by atoms with Gasteiger partial charge in [0, 0.05) is 30.1 Å². The smallest absolute Gasteiger partial charge is 0.251 e. The lowest BCUT2D eigenvalue weighted by Gasteiger charge is -2.17. The van der Waals surface area contributed by atoms with E-state index in [0.29, 0.717) is 55.8 Å². The first kappa shape index (κ1) is 23.9. The van der Waals surface area contributed by atoms with Crippen molar-refractivity contribution in [2.45, 2.75) is 33.9 Å². The van der Waals surface area contributed by atoms with Crippen LogP contribution in [0.1, 0.15) is 42.3 Å². The number of amides is 1. The van der Waals surface area contributed by atoms with E-state index in [2.05, 4.69) is 10.3 Å². The van der Waals surface area contributed by atoms with Crippen LogP contribution >= 0.6 is 0 Å². The average molecular weight is 451 g/mol. The largest absolute Gasteiger partial charge is 0.490 e. The molecule has 174 valence electrons. The zero-order valence-corrected chi connectivity index (χ0v) is 19.3. The third-order valence-electron chi connectivity index (χ3n) is 4.68. The molecular weight excluding hydrogens is 420 g/mol. The lowest BCUT2D eigenvalue weighted by molar-refractivity contribution is 0.0949. The minimum Gasteiger partial charge on any atom is -0.490 e. The zero-order chi connectivity index (χ0) is 23.5. The average Bonchev–Trinajstić information content (AvgIpc) is 2.84. The summed E-state index contributed by atoms with van der Waals surface area (Å²) in [6.45, 7) is 7.85. The van der Waals surface area contributed by atoms with Crippen molar-refractivity contribution in [2.75, 3.05) is 19.8 Å². The summed E-state index contributed by atoms with van der Waals surface area (Å²) in [5.74, 6) is 2.02. The molecule has 3 rings (SSSR count). The molecule has 0 aliphatic carbocycles. The Hall–Kier alpha value is -3.74. The number of hydrogen-bond donors (Lipinski definition) is 1. The van der Waals surface area contributed by atoms with E-state index in [0.717, 1.165) is 16.9 Å². The van der Waals surface area contributed by atoms with E-state index >= 15 is 0 Å². The fourth-order valence-electron chi connectivity index (χ4n) is 3.16. The van der Waals surface area contributed by atoms with Crippen LogP contribution in [0.3, 0.4) is 0 Å². The molecule has 1 N–H and O–H groups in total. The van der Waals surface area contributed by atoms with Crippen LogP contribution in [0.15, 0.2) is 60.9 Å². The maximum Gasteiger partial charge on any atom is 0.251 e. The molecule has 0 aliphatic heterocycles. The van der Waals surface area contributed by atoms with Crippen LogP contribution in [-0.4, -0.2) is 30.7 Å². The second-order valence-electron chi connectivity index (χ2n) is 7.08. The van der Waals surface area contributed by atoms with E-state index in [4.69, 9.17) is 18.9 Å². The highest BCUT2D eigenvalue weighted by Crippen LogP contribution is 2.39. The Balaban J connectivity index is 1.63. The summed E-state index contributed by atoms with van der Waals surface area (Å²) >= 11 is 0. The third kappa shape index (κ3) is 6.87. The summed E-state index contributed by atoms with van der Waals surface area (Å²) in [4.78, 5) is 16.9. The third-order valence-corrected chi connectivity index (χ3v) is 4.68. The molecular formula is C26H30N2O5. The summed E-state index contributed by atoms with van der Waals surface area (Å²) in [6.07, 6.45) is 3.51. The van der Waals surface area contributed by atoms with Crippen LogP contribution in [0.2, 0.25) is 0 Å². The summed E-state index contributed by atoms with van der Waals surface area (Å²) < 4.78 is 22.9. The van der Waals surface area contributed by atoms with Gasteiger partial charge in [0.25, 0.3) is 5.91 Å². The van der Waals surface area contributed by atoms with Crippen LogP contribution in [0.25, 0.3) is 0 Å². The van der Waals surface area contributed by atoms with E-state index in [1.54, 1.807) is 24.5 Å². The molecule has 3 aromatic rings. The minimum atomic E-state index is -0.225. The van der Waals surface area contributed by atoms with Gasteiger partial charge < -0.3 is 24.3 Å². The van der Waals surface area contributed by atoms with Gasteiger partial charge in [-0.3, -0.25) is 9.78 Å². The molecule has 0 bridgehead atoms. The van der Waals surface area contributed by atoms with E-state index in [-0.39, 0.29) is 5.91 Å². The monoisotopic (exact) mass is 450 g/mol. The number of nitrogens with one attached hydrogen (secondary N) is 1. The van der Waals surface area contributed by atoms with Crippen LogP contribution in [0.4, 0.5) is 0 Å². The fourth-order valence-corrected chi connectivity index (χ4v) is 3.16. The lowest BCUT2D eigenvalue weighted by Crippen LogP contribution is -2.23. The first-order valence-electron chi connectivity index (χ1n) is 11.1. The predicted octanol–water partition coefficient (Wildman–Crippen LogP) is 4.79. The zero-order valence-electron chi connectivity index (χ0n) is 19.3. The van der Waals surface area contributed by atoms with Gasteiger partial charge in [-0.15, -0.1) is 0 Å². The second-order valence-corrected chi connectivity index (χ2v) is 7.08. The molecule has 0 saturated carbocycles. The Labute approximate surface area is 194 Å². The molecule has 1 aromatic heterocycles. The molecule has 0 spiro atoms. The van der Waals surface area contributed by atoms with E-state index in [1.807, 2.05) is 57.2 Å². The van der Waals surface area contributed by atoms with Crippen molar-refractivity contribution in [2.24, 2.45) is 0 Å². The first-order chi connectivity index (χ1) is 16.1. The molecule has 0 atom stereocenters. The number of carbonyl (C=O) groups excluding carboxylic acids is 1. The maximum absolute atomic E-state index is 12.8. The van der Waals surface area contributed by atoms with Gasteiger partial charge in [-0.2, -0.15) is 0 Å². The number of rotatable bonds is 12. The molecule has 7 heteroatoms. The normalized spacial score (nSPS) is 10.4. The summed E-state index contributed by atoms with van der Waals surface area (Å²) in [5, 5.41) is 2.94. The summed E-state index contributed by atoms with van der Waals surface area (Å²) in [7, 11) is 0. The van der Waals surface area contributed by atoms with Gasteiger partial charge in [-0.05, 0) is 56.7 Å². The molecule has 7 nitrogen and oxygen atoms in total. The fraction of sp³-hybridized carbons (Fsp3) is 0.308. The quantitative estimate of drug-likeness (QED) is 0.428. The number of pyridine rings is 1. The van der Waals surface area contributed by atoms with E-state index < -0.39 is 0 Å². The molecule has 0 aliphatic rings. The van der Waals surface area contributed by atoms with Crippen molar-refractivity contribution in [1.29, 1.82) is 0 Å². The van der Waals surface area contributed by atoms with Gasteiger partial charge in [0.05, 0.1) is 19.8 Å². The molecule has 1 amide bonds. The standard InChI is InChI=1S/C26H30N2O5/c1-4-30-23-14-21(15-24(31-5-2)25(23)32-6-3)26(29)28-17-19-9-11-22(12-10-19)33-18-20-8-7-13-27-16-20/h7-16H,4-6,17-18H2,1-3H3,(H,28,29). The van der Waals surface area contributed by atoms with Gasteiger partial charge >= 0.3 is 0 Å². The lowest BCUT2D eigenvalue weighted by atomic mass is 10.1. The predicted molar refractivity (Wildman–Crippen MR) is 126 cm³/mol. The highest BCUT2D eigenvalue weighted by molar-refractivity contribution is 5.95. The molecule has 0 fully saturated rings. The summed E-state index contributed by atoms with van der Waals surface area (Å²) in [5.41, 5.74) is 2.40. The Morgan fingerprint density at radius 3 is 2.09 bits per heavy atom. The van der Waals surface area contributed by atoms with Crippen LogP contribution < -0.4 is 24.3 Å². The Morgan fingerprint density at radius 2 is 1.52 bits per heavy atom. The number of hydrogen-bond acceptors (Lipinski definition) is 6. The van der Waals surface area contributed by atoms with Crippen molar-refractivity contribution in [1.82, 2.24) is 10.3 Å². The molecule has 2 aromatic carbocycles. The van der Waals surface area contributed by atoms with Gasteiger partial charge in [0.1, 0.15) is 12.4 Å². The van der Waals surface area contributed by atoms with E-state index in [9.17, 15) is 4.79 Å². The Kier molecular flexibility index (Phi) is 8.94. The molecule has 0 unspecified atom stereocenters. The molecule has 1 heterocycles. The van der Waals surface area contributed by atoms with Gasteiger partial charge in [0.2, 0.25) is 5.75 Å². The number of benzene rings is 2. The Bertz CT molecular complexity index is 996. The van der Waals surface area contributed by atoms with Gasteiger partial charge in [0.15, 0.2) is 11.5 Å².